The average Bonchev–Trinajstić information content (AvgIpc) is 2.60. The third kappa shape index (κ3) is 6.52. The number of ether oxygens (including phenoxy) is 1. The lowest BCUT2D eigenvalue weighted by Gasteiger charge is -2.36. The molecule has 1 aliphatic heterocycles. The summed E-state index contributed by atoms with van der Waals surface area (Å²) in [6.07, 6.45) is -4.78. The van der Waals surface area contributed by atoms with Crippen LogP contribution >= 0.6 is 36.4 Å². The Morgan fingerprint density at radius 1 is 1.07 bits per heavy atom. The van der Waals surface area contributed by atoms with Crippen LogP contribution in [0.2, 0.25) is 5.02 Å². The summed E-state index contributed by atoms with van der Waals surface area (Å²) >= 11 is 5.96. The van der Waals surface area contributed by atoms with E-state index >= 15 is 0 Å². The highest BCUT2D eigenvalue weighted by Gasteiger charge is 2.32. The van der Waals surface area contributed by atoms with Crippen molar-refractivity contribution in [2.45, 2.75) is 12.4 Å². The molecule has 2 aromatic rings. The molecule has 11 heteroatoms. The molecule has 0 amide bonds. The summed E-state index contributed by atoms with van der Waals surface area (Å²) in [4.78, 5) is 2.00. The van der Waals surface area contributed by atoms with Gasteiger partial charge in [0.1, 0.15) is 5.75 Å². The van der Waals surface area contributed by atoms with Crippen molar-refractivity contribution in [2.24, 2.45) is 0 Å². The quantitative estimate of drug-likeness (QED) is 0.614. The van der Waals surface area contributed by atoms with Crippen LogP contribution in [0.1, 0.15) is 17.2 Å². The van der Waals surface area contributed by atoms with Gasteiger partial charge >= 0.3 is 6.36 Å². The number of piperazine rings is 1. The highest BCUT2D eigenvalue weighted by molar-refractivity contribution is 6.30. The Balaban J connectivity index is 0.00000210. The van der Waals surface area contributed by atoms with Crippen molar-refractivity contribution in [3.63, 3.8) is 0 Å². The zero-order valence-electron chi connectivity index (χ0n) is 14.9. The number of alkyl halides is 3. The van der Waals surface area contributed by atoms with E-state index in [0.717, 1.165) is 6.07 Å². The normalized spacial score (nSPS) is 15.8. The number of rotatable bonds is 4. The van der Waals surface area contributed by atoms with E-state index in [4.69, 9.17) is 11.6 Å². The summed E-state index contributed by atoms with van der Waals surface area (Å²) in [6, 6.07) is 7.21. The first kappa shape index (κ1) is 25.6. The fraction of sp³-hybridized carbons (Fsp3) is 0.333. The topological polar surface area (TPSA) is 44.7 Å². The number of hydrogen-bond acceptors (Lipinski definition) is 4. The predicted octanol–water partition coefficient (Wildman–Crippen LogP) is 4.92. The second-order valence-electron chi connectivity index (χ2n) is 6.13. The molecule has 29 heavy (non-hydrogen) atoms. The number of aromatic hydroxyl groups is 1. The van der Waals surface area contributed by atoms with Crippen molar-refractivity contribution in [1.29, 1.82) is 0 Å². The van der Waals surface area contributed by atoms with E-state index in [9.17, 15) is 22.7 Å². The summed E-state index contributed by atoms with van der Waals surface area (Å²) in [7, 11) is 0. The third-order valence-corrected chi connectivity index (χ3v) is 4.52. The van der Waals surface area contributed by atoms with E-state index < -0.39 is 24.0 Å². The molecule has 162 valence electrons. The van der Waals surface area contributed by atoms with Crippen LogP contribution in [0.25, 0.3) is 0 Å². The van der Waals surface area contributed by atoms with Gasteiger partial charge in [0.05, 0.1) is 6.04 Å². The maximum atomic E-state index is 14.0. The summed E-state index contributed by atoms with van der Waals surface area (Å²) < 4.78 is 55.0. The zero-order chi connectivity index (χ0) is 19.6. The van der Waals surface area contributed by atoms with Gasteiger partial charge < -0.3 is 15.2 Å². The highest BCUT2D eigenvalue weighted by Crippen LogP contribution is 2.38. The molecule has 0 bridgehead atoms. The molecule has 1 saturated heterocycles. The maximum absolute atomic E-state index is 14.0. The lowest BCUT2D eigenvalue weighted by Crippen LogP contribution is -2.45. The van der Waals surface area contributed by atoms with Crippen LogP contribution in [0.15, 0.2) is 36.4 Å². The lowest BCUT2D eigenvalue weighted by molar-refractivity contribution is -0.274. The molecule has 3 rings (SSSR count). The molecule has 0 unspecified atom stereocenters. The van der Waals surface area contributed by atoms with E-state index in [-0.39, 0.29) is 41.1 Å². The van der Waals surface area contributed by atoms with Crippen molar-refractivity contribution < 1.29 is 27.4 Å². The van der Waals surface area contributed by atoms with Crippen LogP contribution in [0.5, 0.6) is 11.5 Å². The Morgan fingerprint density at radius 2 is 1.66 bits per heavy atom. The lowest BCUT2D eigenvalue weighted by atomic mass is 9.95. The number of nitrogens with zero attached hydrogens (tertiary/aromatic N) is 1. The van der Waals surface area contributed by atoms with Gasteiger partial charge in [-0.2, -0.15) is 0 Å². The Hall–Kier alpha value is -1.45. The molecule has 4 nitrogen and oxygen atoms in total. The second-order valence-corrected chi connectivity index (χ2v) is 6.57. The van der Waals surface area contributed by atoms with Crippen molar-refractivity contribution in [3.8, 4) is 11.5 Å². The van der Waals surface area contributed by atoms with Gasteiger partial charge in [-0.25, -0.2) is 4.39 Å². The molecule has 0 saturated carbocycles. The van der Waals surface area contributed by atoms with E-state index in [1.807, 2.05) is 4.90 Å². The molecule has 1 aliphatic rings. The maximum Gasteiger partial charge on any atom is 0.573 e. The molecule has 1 fully saturated rings. The van der Waals surface area contributed by atoms with Crippen molar-refractivity contribution in [1.82, 2.24) is 10.2 Å². The van der Waals surface area contributed by atoms with Gasteiger partial charge in [0.15, 0.2) is 11.6 Å². The number of hydrogen-bond donors (Lipinski definition) is 2. The van der Waals surface area contributed by atoms with Gasteiger partial charge in [-0.3, -0.25) is 4.90 Å². The molecular weight excluding hydrogens is 459 g/mol. The fourth-order valence-electron chi connectivity index (χ4n) is 3.17. The molecule has 0 aromatic heterocycles. The van der Waals surface area contributed by atoms with Crippen LogP contribution in [0, 0.1) is 5.82 Å². The first-order valence-electron chi connectivity index (χ1n) is 8.23. The van der Waals surface area contributed by atoms with Gasteiger partial charge in [-0.1, -0.05) is 23.7 Å². The van der Waals surface area contributed by atoms with Crippen molar-refractivity contribution in [2.75, 3.05) is 26.2 Å². The van der Waals surface area contributed by atoms with E-state index in [1.54, 1.807) is 0 Å². The molecule has 0 aliphatic carbocycles. The number of phenolic OH excluding ortho intramolecular Hbond substituents is 1. The van der Waals surface area contributed by atoms with E-state index in [1.165, 1.54) is 30.3 Å². The summed E-state index contributed by atoms with van der Waals surface area (Å²) in [5.74, 6) is -1.74. The van der Waals surface area contributed by atoms with Gasteiger partial charge in [0.25, 0.3) is 0 Å². The highest BCUT2D eigenvalue weighted by atomic mass is 35.5. The standard InChI is InChI=1S/C18H17ClF4N2O2.2ClH/c19-12-9-14(17(26)15(20)10-12)16(25-7-5-24-6-8-25)11-1-3-13(4-2-11)27-18(21,22)23;;/h1-4,9-10,16,24,26H,5-8H2;2*1H/t16-;;/m1../s1. The van der Waals surface area contributed by atoms with Gasteiger partial charge in [-0.05, 0) is 29.8 Å². The first-order valence-corrected chi connectivity index (χ1v) is 8.61. The fourth-order valence-corrected chi connectivity index (χ4v) is 3.39. The molecule has 1 atom stereocenters. The van der Waals surface area contributed by atoms with Crippen molar-refractivity contribution >= 4 is 36.4 Å². The van der Waals surface area contributed by atoms with Crippen LogP contribution in [-0.4, -0.2) is 42.5 Å². The molecular formula is C18H19Cl3F4N2O2. The smallest absolute Gasteiger partial charge is 0.505 e. The van der Waals surface area contributed by atoms with Crippen molar-refractivity contribution in [3.05, 3.63) is 58.4 Å². The molecule has 1 heterocycles. The van der Waals surface area contributed by atoms with Crippen LogP contribution in [0.4, 0.5) is 17.6 Å². The Morgan fingerprint density at radius 3 is 2.21 bits per heavy atom. The molecule has 0 radical (unpaired) electrons. The van der Waals surface area contributed by atoms with Gasteiger partial charge in [0.2, 0.25) is 0 Å². The number of phenols is 1. The van der Waals surface area contributed by atoms with Gasteiger partial charge in [0, 0.05) is 36.8 Å². The predicted molar refractivity (Wildman–Crippen MR) is 107 cm³/mol. The number of benzene rings is 2. The van der Waals surface area contributed by atoms with E-state index in [2.05, 4.69) is 10.1 Å². The Bertz CT molecular complexity index is 801. The average molecular weight is 478 g/mol. The Labute approximate surface area is 182 Å². The number of halogens is 7. The van der Waals surface area contributed by atoms with E-state index in [0.29, 0.717) is 31.7 Å². The minimum atomic E-state index is -4.78. The summed E-state index contributed by atoms with van der Waals surface area (Å²) in [5.41, 5.74) is 0.842. The van der Waals surface area contributed by atoms with Gasteiger partial charge in [-0.15, -0.1) is 38.0 Å². The first-order chi connectivity index (χ1) is 12.7. The second kappa shape index (κ2) is 10.5. The van der Waals surface area contributed by atoms with Crippen LogP contribution < -0.4 is 10.1 Å². The molecule has 0 spiro atoms. The SMILES string of the molecule is Cl.Cl.Oc1c(F)cc(Cl)cc1[C@@H](c1ccc(OC(F)(F)F)cc1)N1CCNCC1. The largest absolute Gasteiger partial charge is 0.573 e. The minimum Gasteiger partial charge on any atom is -0.505 e. The summed E-state index contributed by atoms with van der Waals surface area (Å²) in [6.45, 7) is 2.60. The van der Waals surface area contributed by atoms with Crippen LogP contribution in [0.3, 0.4) is 0 Å². The zero-order valence-corrected chi connectivity index (χ0v) is 17.3. The van der Waals surface area contributed by atoms with Crippen LogP contribution in [-0.2, 0) is 0 Å². The third-order valence-electron chi connectivity index (χ3n) is 4.30. The summed E-state index contributed by atoms with van der Waals surface area (Å²) in [5, 5.41) is 13.6. The monoisotopic (exact) mass is 476 g/mol. The number of nitrogens with one attached hydrogen (secondary N) is 1. The molecule has 2 N–H and O–H groups in total. The molecule has 2 aromatic carbocycles. The minimum absolute atomic E-state index is 0. The Kier molecular flexibility index (Phi) is 9.30.